The molecule has 1 saturated carbocycles. The Kier molecular flexibility index (Phi) is 2.91. The Hall–Kier alpha value is -0.770. The summed E-state index contributed by atoms with van der Waals surface area (Å²) < 4.78 is 4.86. The molecule has 2 unspecified atom stereocenters. The lowest BCUT2D eigenvalue weighted by Crippen LogP contribution is -2.31. The predicted molar refractivity (Wildman–Crippen MR) is 52.9 cm³/mol. The van der Waals surface area contributed by atoms with E-state index in [0.29, 0.717) is 18.6 Å². The van der Waals surface area contributed by atoms with Crippen molar-refractivity contribution in [2.45, 2.75) is 31.7 Å². The van der Waals surface area contributed by atoms with Crippen molar-refractivity contribution in [2.75, 3.05) is 19.7 Å². The maximum atomic E-state index is 11.1. The van der Waals surface area contributed by atoms with Crippen molar-refractivity contribution < 1.29 is 9.53 Å². The summed E-state index contributed by atoms with van der Waals surface area (Å²) in [5, 5.41) is 0. The molecule has 1 amide bonds. The van der Waals surface area contributed by atoms with E-state index in [0.717, 1.165) is 25.9 Å². The third-order valence-electron chi connectivity index (χ3n) is 3.33. The summed E-state index contributed by atoms with van der Waals surface area (Å²) >= 11 is 0. The molecule has 14 heavy (non-hydrogen) atoms. The molecule has 2 fully saturated rings. The minimum absolute atomic E-state index is 0.156. The first-order chi connectivity index (χ1) is 6.77. The number of hydrogen-bond acceptors (Lipinski definition) is 3. The Morgan fingerprint density at radius 2 is 2.36 bits per heavy atom. The van der Waals surface area contributed by atoms with Crippen molar-refractivity contribution in [2.24, 2.45) is 11.7 Å². The molecule has 0 aromatic heterocycles. The van der Waals surface area contributed by atoms with Gasteiger partial charge in [-0.05, 0) is 25.2 Å². The van der Waals surface area contributed by atoms with Crippen molar-refractivity contribution in [3.8, 4) is 0 Å². The van der Waals surface area contributed by atoms with Crippen LogP contribution in [-0.4, -0.2) is 36.7 Å². The third kappa shape index (κ3) is 2.00. The van der Waals surface area contributed by atoms with Crippen molar-refractivity contribution in [3.63, 3.8) is 0 Å². The first-order valence-electron chi connectivity index (χ1n) is 5.44. The molecule has 0 bridgehead atoms. The third-order valence-corrected chi connectivity index (χ3v) is 3.33. The number of amides is 1. The van der Waals surface area contributed by atoms with Crippen LogP contribution >= 0.6 is 0 Å². The summed E-state index contributed by atoms with van der Waals surface area (Å²) in [6.07, 6.45) is 4.50. The molecule has 4 nitrogen and oxygen atoms in total. The number of rotatable bonds is 3. The summed E-state index contributed by atoms with van der Waals surface area (Å²) in [5.74, 6) is 0.614. The van der Waals surface area contributed by atoms with E-state index in [1.54, 1.807) is 4.90 Å². The van der Waals surface area contributed by atoms with Gasteiger partial charge in [-0.15, -0.1) is 0 Å². The summed E-state index contributed by atoms with van der Waals surface area (Å²) in [6.45, 7) is 2.12. The number of hydrogen-bond donors (Lipinski definition) is 1. The zero-order valence-corrected chi connectivity index (χ0v) is 8.45. The number of ether oxygens (including phenoxy) is 1. The number of nitrogens with two attached hydrogens (primary N) is 1. The number of carbonyl (C=O) groups is 1. The van der Waals surface area contributed by atoms with E-state index in [9.17, 15) is 4.79 Å². The summed E-state index contributed by atoms with van der Waals surface area (Å²) in [6, 6.07) is 0.355. The van der Waals surface area contributed by atoms with E-state index in [2.05, 4.69) is 0 Å². The summed E-state index contributed by atoms with van der Waals surface area (Å²) in [7, 11) is 0. The van der Waals surface area contributed by atoms with Gasteiger partial charge < -0.3 is 15.4 Å². The van der Waals surface area contributed by atoms with Crippen LogP contribution in [0.2, 0.25) is 0 Å². The molecule has 1 aliphatic heterocycles. The molecule has 1 heterocycles. The largest absolute Gasteiger partial charge is 0.448 e. The monoisotopic (exact) mass is 198 g/mol. The van der Waals surface area contributed by atoms with Crippen LogP contribution in [0.4, 0.5) is 4.79 Å². The lowest BCUT2D eigenvalue weighted by atomic mass is 10.0. The van der Waals surface area contributed by atoms with Crippen molar-refractivity contribution >= 4 is 6.09 Å². The molecule has 1 saturated heterocycles. The van der Waals surface area contributed by atoms with E-state index >= 15 is 0 Å². The Balaban J connectivity index is 1.73. The molecule has 2 atom stereocenters. The van der Waals surface area contributed by atoms with Gasteiger partial charge >= 0.3 is 6.09 Å². The van der Waals surface area contributed by atoms with Gasteiger partial charge in [0.15, 0.2) is 0 Å². The van der Waals surface area contributed by atoms with Crippen LogP contribution in [0.3, 0.4) is 0 Å². The van der Waals surface area contributed by atoms with Gasteiger partial charge in [0.25, 0.3) is 0 Å². The Labute approximate surface area is 84.4 Å². The maximum Gasteiger partial charge on any atom is 0.409 e. The van der Waals surface area contributed by atoms with Crippen molar-refractivity contribution in [1.82, 2.24) is 4.90 Å². The van der Waals surface area contributed by atoms with Gasteiger partial charge in [0.05, 0.1) is 6.54 Å². The number of carbonyl (C=O) groups excluding carboxylic acids is 1. The molecule has 2 aliphatic rings. The second kappa shape index (κ2) is 4.17. The molecule has 0 radical (unpaired) electrons. The molecule has 2 N–H and O–H groups in total. The van der Waals surface area contributed by atoms with Gasteiger partial charge in [0, 0.05) is 12.6 Å². The molecule has 4 heteroatoms. The Morgan fingerprint density at radius 3 is 2.93 bits per heavy atom. The SMILES string of the molecule is NC1CCCC1CCN1CCOC1=O. The van der Waals surface area contributed by atoms with Crippen LogP contribution in [0, 0.1) is 5.92 Å². The first kappa shape index (κ1) is 9.77. The molecule has 2 rings (SSSR count). The molecule has 1 aliphatic carbocycles. The van der Waals surface area contributed by atoms with Gasteiger partial charge in [-0.1, -0.05) is 6.42 Å². The fourth-order valence-corrected chi connectivity index (χ4v) is 2.37. The van der Waals surface area contributed by atoms with E-state index in [1.807, 2.05) is 0 Å². The van der Waals surface area contributed by atoms with Crippen LogP contribution in [0.25, 0.3) is 0 Å². The predicted octanol–water partition coefficient (Wildman–Crippen LogP) is 0.956. The quantitative estimate of drug-likeness (QED) is 0.734. The second-order valence-corrected chi connectivity index (χ2v) is 4.24. The van der Waals surface area contributed by atoms with Crippen LogP contribution in [0.5, 0.6) is 0 Å². The number of cyclic esters (lactones) is 1. The molecule has 0 spiro atoms. The first-order valence-corrected chi connectivity index (χ1v) is 5.44. The average Bonchev–Trinajstić information content (AvgIpc) is 2.72. The van der Waals surface area contributed by atoms with Crippen molar-refractivity contribution in [3.05, 3.63) is 0 Å². The standard InChI is InChI=1S/C10H18N2O2/c11-9-3-1-2-8(9)4-5-12-6-7-14-10(12)13/h8-9H,1-7,11H2. The van der Waals surface area contributed by atoms with Crippen LogP contribution in [0.1, 0.15) is 25.7 Å². The van der Waals surface area contributed by atoms with E-state index in [4.69, 9.17) is 10.5 Å². The van der Waals surface area contributed by atoms with E-state index in [-0.39, 0.29) is 6.09 Å². The van der Waals surface area contributed by atoms with Crippen molar-refractivity contribution in [1.29, 1.82) is 0 Å². The van der Waals surface area contributed by atoms with E-state index < -0.39 is 0 Å². The van der Waals surface area contributed by atoms with Gasteiger partial charge in [0.1, 0.15) is 6.61 Å². The van der Waals surface area contributed by atoms with Gasteiger partial charge in [-0.3, -0.25) is 0 Å². The lowest BCUT2D eigenvalue weighted by Gasteiger charge is -2.18. The number of nitrogens with zero attached hydrogens (tertiary/aromatic N) is 1. The van der Waals surface area contributed by atoms with E-state index in [1.165, 1.54) is 12.8 Å². The highest BCUT2D eigenvalue weighted by atomic mass is 16.6. The molecular weight excluding hydrogens is 180 g/mol. The highest BCUT2D eigenvalue weighted by molar-refractivity contribution is 5.69. The highest BCUT2D eigenvalue weighted by Gasteiger charge is 2.27. The van der Waals surface area contributed by atoms with Gasteiger partial charge in [0.2, 0.25) is 0 Å². The van der Waals surface area contributed by atoms with Crippen LogP contribution < -0.4 is 5.73 Å². The van der Waals surface area contributed by atoms with Crippen LogP contribution in [-0.2, 0) is 4.74 Å². The smallest absolute Gasteiger partial charge is 0.409 e. The minimum atomic E-state index is -0.156. The van der Waals surface area contributed by atoms with Gasteiger partial charge in [-0.2, -0.15) is 0 Å². The van der Waals surface area contributed by atoms with Gasteiger partial charge in [-0.25, -0.2) is 4.79 Å². The minimum Gasteiger partial charge on any atom is -0.448 e. The molecule has 0 aromatic rings. The fraction of sp³-hybridized carbons (Fsp3) is 0.900. The lowest BCUT2D eigenvalue weighted by molar-refractivity contribution is 0.156. The molecular formula is C10H18N2O2. The average molecular weight is 198 g/mol. The summed E-state index contributed by atoms with van der Waals surface area (Å²) in [4.78, 5) is 12.9. The maximum absolute atomic E-state index is 11.1. The molecule has 0 aromatic carbocycles. The Morgan fingerprint density at radius 1 is 1.50 bits per heavy atom. The zero-order valence-electron chi connectivity index (χ0n) is 8.45. The molecule has 80 valence electrons. The fourth-order valence-electron chi connectivity index (χ4n) is 2.37. The second-order valence-electron chi connectivity index (χ2n) is 4.24. The summed E-state index contributed by atoms with van der Waals surface area (Å²) in [5.41, 5.74) is 5.96. The zero-order chi connectivity index (χ0) is 9.97. The van der Waals surface area contributed by atoms with Crippen LogP contribution in [0.15, 0.2) is 0 Å². The normalized spacial score (nSPS) is 32.4. The highest BCUT2D eigenvalue weighted by Crippen LogP contribution is 2.27. The topological polar surface area (TPSA) is 55.6 Å². The Bertz CT molecular complexity index is 220.